The predicted molar refractivity (Wildman–Crippen MR) is 110 cm³/mol. The van der Waals surface area contributed by atoms with Crippen molar-refractivity contribution in [2.45, 2.75) is 39.2 Å². The summed E-state index contributed by atoms with van der Waals surface area (Å²) in [5, 5.41) is 2.61. The third kappa shape index (κ3) is 5.90. The molecule has 2 rings (SSSR count). The Bertz CT molecular complexity index is 841. The van der Waals surface area contributed by atoms with E-state index in [0.717, 1.165) is 9.35 Å². The minimum Gasteiger partial charge on any atom is -0.340 e. The monoisotopic (exact) mass is 451 g/mol. The second-order valence-electron chi connectivity index (χ2n) is 7.07. The Labute approximate surface area is 170 Å². The number of hydrogen-bond donors (Lipinski definition) is 3. The highest BCUT2D eigenvalue weighted by atomic mass is 79.9. The molecule has 0 aliphatic rings. The number of carbonyl (C=O) groups excluding carboxylic acids is 3. The molecule has 8 heteroatoms. The number of hydrazine groups is 1. The third-order valence-corrected chi connectivity index (χ3v) is 5.47. The van der Waals surface area contributed by atoms with Crippen LogP contribution in [0.1, 0.15) is 53.3 Å². The van der Waals surface area contributed by atoms with Crippen LogP contribution < -0.4 is 16.2 Å². The predicted octanol–water partition coefficient (Wildman–Crippen LogP) is 3.39. The minimum absolute atomic E-state index is 0.00145. The van der Waals surface area contributed by atoms with Crippen LogP contribution in [-0.4, -0.2) is 23.8 Å². The maximum absolute atomic E-state index is 12.3. The second kappa shape index (κ2) is 8.67. The van der Waals surface area contributed by atoms with Crippen LogP contribution in [0.25, 0.3) is 0 Å². The van der Waals surface area contributed by atoms with Crippen LogP contribution in [0.4, 0.5) is 0 Å². The van der Waals surface area contributed by atoms with Gasteiger partial charge >= 0.3 is 0 Å². The number of amides is 3. The maximum atomic E-state index is 12.3. The molecule has 0 aliphatic carbocycles. The molecule has 6 nitrogen and oxygen atoms in total. The molecule has 0 saturated heterocycles. The Hall–Kier alpha value is -2.19. The van der Waals surface area contributed by atoms with Crippen molar-refractivity contribution in [2.24, 2.45) is 0 Å². The van der Waals surface area contributed by atoms with Crippen molar-refractivity contribution in [3.8, 4) is 0 Å². The number of thiophene rings is 1. The average Bonchev–Trinajstić information content (AvgIpc) is 3.05. The van der Waals surface area contributed by atoms with E-state index in [9.17, 15) is 14.4 Å². The summed E-state index contributed by atoms with van der Waals surface area (Å²) in [5.41, 5.74) is 6.23. The lowest BCUT2D eigenvalue weighted by molar-refractivity contribution is -0.123. The summed E-state index contributed by atoms with van der Waals surface area (Å²) in [6.07, 6.45) is 0. The molecular weight excluding hydrogens is 430 g/mol. The van der Waals surface area contributed by atoms with E-state index < -0.39 is 17.9 Å². The molecule has 1 aromatic heterocycles. The van der Waals surface area contributed by atoms with Crippen LogP contribution in [0.3, 0.4) is 0 Å². The number of rotatable bonds is 4. The first-order chi connectivity index (χ1) is 12.6. The van der Waals surface area contributed by atoms with Crippen molar-refractivity contribution < 1.29 is 14.4 Å². The third-order valence-electron chi connectivity index (χ3n) is 3.85. The largest absolute Gasteiger partial charge is 0.340 e. The molecule has 2 aromatic rings. The lowest BCUT2D eigenvalue weighted by atomic mass is 9.86. The van der Waals surface area contributed by atoms with Gasteiger partial charge in [-0.3, -0.25) is 25.2 Å². The Kier molecular flexibility index (Phi) is 6.78. The fourth-order valence-electron chi connectivity index (χ4n) is 2.19. The summed E-state index contributed by atoms with van der Waals surface area (Å²) < 4.78 is 0.817. The average molecular weight is 452 g/mol. The zero-order valence-electron chi connectivity index (χ0n) is 15.6. The zero-order chi connectivity index (χ0) is 20.2. The van der Waals surface area contributed by atoms with E-state index in [-0.39, 0.29) is 11.3 Å². The highest BCUT2D eigenvalue weighted by Gasteiger charge is 2.19. The molecule has 1 aromatic carbocycles. The first kappa shape index (κ1) is 21.1. The van der Waals surface area contributed by atoms with Crippen LogP contribution >= 0.6 is 27.3 Å². The smallest absolute Gasteiger partial charge is 0.279 e. The molecule has 1 heterocycles. The van der Waals surface area contributed by atoms with Gasteiger partial charge in [0.25, 0.3) is 17.7 Å². The molecule has 0 spiro atoms. The summed E-state index contributed by atoms with van der Waals surface area (Å²) in [6.45, 7) is 7.83. The lowest BCUT2D eigenvalue weighted by Crippen LogP contribution is -2.51. The second-order valence-corrected chi connectivity index (χ2v) is 9.53. The first-order valence-electron chi connectivity index (χ1n) is 8.35. The quantitative estimate of drug-likeness (QED) is 0.622. The van der Waals surface area contributed by atoms with Crippen LogP contribution in [0.15, 0.2) is 40.2 Å². The molecule has 0 radical (unpaired) electrons. The molecule has 0 bridgehead atoms. The summed E-state index contributed by atoms with van der Waals surface area (Å²) in [7, 11) is 0. The lowest BCUT2D eigenvalue weighted by Gasteiger charge is -2.19. The molecule has 0 unspecified atom stereocenters. The van der Waals surface area contributed by atoms with Gasteiger partial charge in [0.2, 0.25) is 0 Å². The van der Waals surface area contributed by atoms with Gasteiger partial charge in [0.05, 0.1) is 8.66 Å². The Morgan fingerprint density at radius 1 is 0.963 bits per heavy atom. The maximum Gasteiger partial charge on any atom is 0.279 e. The van der Waals surface area contributed by atoms with Crippen LogP contribution in [0.2, 0.25) is 0 Å². The molecule has 0 aliphatic heterocycles. The highest BCUT2D eigenvalue weighted by Crippen LogP contribution is 2.22. The van der Waals surface area contributed by atoms with Gasteiger partial charge in [-0.25, -0.2) is 0 Å². The van der Waals surface area contributed by atoms with Gasteiger partial charge in [-0.05, 0) is 58.1 Å². The van der Waals surface area contributed by atoms with Crippen molar-refractivity contribution >= 4 is 45.0 Å². The van der Waals surface area contributed by atoms with Gasteiger partial charge in [0.1, 0.15) is 6.04 Å². The van der Waals surface area contributed by atoms with Crippen molar-refractivity contribution in [1.29, 1.82) is 0 Å². The Balaban J connectivity index is 1.88. The normalized spacial score (nSPS) is 12.2. The summed E-state index contributed by atoms with van der Waals surface area (Å²) >= 11 is 4.52. The van der Waals surface area contributed by atoms with E-state index >= 15 is 0 Å². The molecule has 144 valence electrons. The van der Waals surface area contributed by atoms with E-state index in [1.807, 2.05) is 12.1 Å². The SMILES string of the molecule is C[C@H](NC(=O)c1ccc(C(C)(C)C)cc1)C(=O)NNC(=O)c1ccc(Br)s1. The summed E-state index contributed by atoms with van der Waals surface area (Å²) in [5.74, 6) is -1.29. The summed E-state index contributed by atoms with van der Waals surface area (Å²) in [4.78, 5) is 36.8. The number of benzene rings is 1. The van der Waals surface area contributed by atoms with E-state index in [2.05, 4.69) is 52.9 Å². The van der Waals surface area contributed by atoms with Gasteiger partial charge < -0.3 is 5.32 Å². The fraction of sp³-hybridized carbons (Fsp3) is 0.316. The fourth-order valence-corrected chi connectivity index (χ4v) is 3.47. The minimum atomic E-state index is -0.810. The highest BCUT2D eigenvalue weighted by molar-refractivity contribution is 9.11. The van der Waals surface area contributed by atoms with Crippen LogP contribution in [0, 0.1) is 0 Å². The van der Waals surface area contributed by atoms with Crippen molar-refractivity contribution in [1.82, 2.24) is 16.2 Å². The number of carbonyl (C=O) groups is 3. The Morgan fingerprint density at radius 3 is 2.11 bits per heavy atom. The molecule has 1 atom stereocenters. The molecule has 27 heavy (non-hydrogen) atoms. The molecule has 3 amide bonds. The zero-order valence-corrected chi connectivity index (χ0v) is 18.0. The van der Waals surface area contributed by atoms with Gasteiger partial charge in [-0.15, -0.1) is 11.3 Å². The molecule has 3 N–H and O–H groups in total. The van der Waals surface area contributed by atoms with Crippen molar-refractivity contribution in [3.05, 3.63) is 56.2 Å². The molecule has 0 fully saturated rings. The topological polar surface area (TPSA) is 87.3 Å². The van der Waals surface area contributed by atoms with Crippen molar-refractivity contribution in [3.63, 3.8) is 0 Å². The van der Waals surface area contributed by atoms with E-state index in [1.54, 1.807) is 31.2 Å². The van der Waals surface area contributed by atoms with Gasteiger partial charge in [0.15, 0.2) is 0 Å². The number of nitrogens with one attached hydrogen (secondary N) is 3. The van der Waals surface area contributed by atoms with Gasteiger partial charge in [0, 0.05) is 5.56 Å². The van der Waals surface area contributed by atoms with Gasteiger partial charge in [-0.2, -0.15) is 0 Å². The van der Waals surface area contributed by atoms with E-state index in [4.69, 9.17) is 0 Å². The molecular formula is C19H22BrN3O3S. The van der Waals surface area contributed by atoms with Crippen LogP contribution in [-0.2, 0) is 10.2 Å². The standard InChI is InChI=1S/C19H22BrN3O3S/c1-11(16(24)22-23-18(26)14-9-10-15(20)27-14)21-17(25)12-5-7-13(8-6-12)19(2,3)4/h5-11H,1-4H3,(H,21,25)(H,22,24)(H,23,26)/t11-/m0/s1. The van der Waals surface area contributed by atoms with E-state index in [0.29, 0.717) is 10.4 Å². The first-order valence-corrected chi connectivity index (χ1v) is 9.96. The van der Waals surface area contributed by atoms with Crippen LogP contribution in [0.5, 0.6) is 0 Å². The van der Waals surface area contributed by atoms with E-state index in [1.165, 1.54) is 11.3 Å². The van der Waals surface area contributed by atoms with Gasteiger partial charge in [-0.1, -0.05) is 32.9 Å². The molecule has 0 saturated carbocycles. The Morgan fingerprint density at radius 2 is 1.59 bits per heavy atom. The van der Waals surface area contributed by atoms with Crippen molar-refractivity contribution in [2.75, 3.05) is 0 Å². The number of halogens is 1. The summed E-state index contributed by atoms with van der Waals surface area (Å²) in [6, 6.07) is 9.85. The number of hydrogen-bond acceptors (Lipinski definition) is 4.